The van der Waals surface area contributed by atoms with Crippen LogP contribution in [0.2, 0.25) is 0 Å². The molecule has 0 aliphatic heterocycles. The van der Waals surface area contributed by atoms with Gasteiger partial charge in [-0.25, -0.2) is 9.97 Å². The second-order valence-electron chi connectivity index (χ2n) is 4.74. The number of anilines is 1. The number of nitrogens with zero attached hydrogens (tertiary/aromatic N) is 2. The van der Waals surface area contributed by atoms with Crippen molar-refractivity contribution in [1.29, 1.82) is 0 Å². The topological polar surface area (TPSA) is 37.8 Å². The average molecular weight is 366 g/mol. The van der Waals surface area contributed by atoms with Crippen molar-refractivity contribution in [1.82, 2.24) is 9.97 Å². The number of aryl methyl sites for hydroxylation is 1. The van der Waals surface area contributed by atoms with Gasteiger partial charge in [0.05, 0.1) is 0 Å². The van der Waals surface area contributed by atoms with Crippen molar-refractivity contribution < 1.29 is 0 Å². The monoisotopic (exact) mass is 365 g/mol. The summed E-state index contributed by atoms with van der Waals surface area (Å²) in [6.07, 6.45) is 3.05. The molecule has 0 aliphatic rings. The fraction of sp³-hybridized carbons (Fsp3) is 0.375. The van der Waals surface area contributed by atoms with Gasteiger partial charge in [0.15, 0.2) is 0 Å². The van der Waals surface area contributed by atoms with Crippen molar-refractivity contribution in [2.45, 2.75) is 43.0 Å². The molecule has 0 aliphatic carbocycles. The molecule has 0 atom stereocenters. The fourth-order valence-corrected chi connectivity index (χ4v) is 3.30. The van der Waals surface area contributed by atoms with Gasteiger partial charge in [0.2, 0.25) is 0 Å². The normalized spacial score (nSPS) is 10.6. The van der Waals surface area contributed by atoms with E-state index in [9.17, 15) is 0 Å². The van der Waals surface area contributed by atoms with Crippen molar-refractivity contribution in [2.75, 3.05) is 11.9 Å². The molecule has 1 aromatic carbocycles. The van der Waals surface area contributed by atoms with E-state index in [0.717, 1.165) is 46.9 Å². The second-order valence-corrected chi connectivity index (χ2v) is 6.75. The molecule has 5 heteroatoms. The van der Waals surface area contributed by atoms with Gasteiger partial charge in [-0.1, -0.05) is 47.6 Å². The van der Waals surface area contributed by atoms with Gasteiger partial charge >= 0.3 is 0 Å². The van der Waals surface area contributed by atoms with Gasteiger partial charge in [0.25, 0.3) is 0 Å². The molecule has 21 heavy (non-hydrogen) atoms. The van der Waals surface area contributed by atoms with E-state index >= 15 is 0 Å². The van der Waals surface area contributed by atoms with E-state index in [2.05, 4.69) is 57.2 Å². The fourth-order valence-electron chi connectivity index (χ4n) is 1.86. The number of hydrogen-bond acceptors (Lipinski definition) is 4. The van der Waals surface area contributed by atoms with Gasteiger partial charge in [-0.2, -0.15) is 0 Å². The van der Waals surface area contributed by atoms with Crippen LogP contribution < -0.4 is 5.32 Å². The van der Waals surface area contributed by atoms with Gasteiger partial charge in [-0.15, -0.1) is 0 Å². The lowest BCUT2D eigenvalue weighted by Gasteiger charge is -2.09. The van der Waals surface area contributed by atoms with Crippen LogP contribution >= 0.6 is 27.7 Å². The SMILES string of the molecule is CCCNc1cc(Sc2cccc(Br)c2)nc(CCC)n1. The second kappa shape index (κ2) is 8.39. The molecule has 0 saturated heterocycles. The molecule has 1 heterocycles. The summed E-state index contributed by atoms with van der Waals surface area (Å²) in [5.74, 6) is 1.84. The summed E-state index contributed by atoms with van der Waals surface area (Å²) in [7, 11) is 0. The Balaban J connectivity index is 2.22. The van der Waals surface area contributed by atoms with Crippen molar-refractivity contribution in [3.8, 4) is 0 Å². The largest absolute Gasteiger partial charge is 0.370 e. The Morgan fingerprint density at radius 3 is 2.71 bits per heavy atom. The third-order valence-corrected chi connectivity index (χ3v) is 4.20. The van der Waals surface area contributed by atoms with Gasteiger partial charge in [0, 0.05) is 28.4 Å². The average Bonchev–Trinajstić information content (AvgIpc) is 2.45. The highest BCUT2D eigenvalue weighted by Gasteiger charge is 2.06. The zero-order valence-corrected chi connectivity index (χ0v) is 14.8. The predicted octanol–water partition coefficient (Wildman–Crippen LogP) is 5.16. The number of hydrogen-bond donors (Lipinski definition) is 1. The van der Waals surface area contributed by atoms with E-state index < -0.39 is 0 Å². The Kier molecular flexibility index (Phi) is 6.51. The number of benzene rings is 1. The maximum absolute atomic E-state index is 4.65. The predicted molar refractivity (Wildman–Crippen MR) is 93.1 cm³/mol. The Bertz CT molecular complexity index is 589. The molecule has 0 saturated carbocycles. The Morgan fingerprint density at radius 2 is 2.00 bits per heavy atom. The van der Waals surface area contributed by atoms with Crippen LogP contribution in [-0.4, -0.2) is 16.5 Å². The highest BCUT2D eigenvalue weighted by atomic mass is 79.9. The van der Waals surface area contributed by atoms with Crippen LogP contribution in [0.25, 0.3) is 0 Å². The quantitative estimate of drug-likeness (QED) is 0.687. The number of halogens is 1. The highest BCUT2D eigenvalue weighted by Crippen LogP contribution is 2.29. The van der Waals surface area contributed by atoms with E-state index in [0.29, 0.717) is 0 Å². The van der Waals surface area contributed by atoms with Crippen molar-refractivity contribution >= 4 is 33.5 Å². The van der Waals surface area contributed by atoms with Crippen molar-refractivity contribution in [2.24, 2.45) is 0 Å². The summed E-state index contributed by atoms with van der Waals surface area (Å²) in [6.45, 7) is 5.23. The number of aromatic nitrogens is 2. The van der Waals surface area contributed by atoms with Gasteiger partial charge < -0.3 is 5.32 Å². The molecule has 0 radical (unpaired) electrons. The molecule has 0 bridgehead atoms. The highest BCUT2D eigenvalue weighted by molar-refractivity contribution is 9.10. The Hall–Kier alpha value is -1.07. The van der Waals surface area contributed by atoms with E-state index in [1.54, 1.807) is 11.8 Å². The van der Waals surface area contributed by atoms with Crippen LogP contribution in [0, 0.1) is 0 Å². The molecule has 0 spiro atoms. The van der Waals surface area contributed by atoms with Crippen LogP contribution in [0.1, 0.15) is 32.5 Å². The van der Waals surface area contributed by atoms with Crippen LogP contribution in [0.5, 0.6) is 0 Å². The van der Waals surface area contributed by atoms with Crippen LogP contribution in [0.3, 0.4) is 0 Å². The standard InChI is InChI=1S/C16H20BrN3S/c1-3-6-14-19-15(18-9-4-2)11-16(20-14)21-13-8-5-7-12(17)10-13/h5,7-8,10-11H,3-4,6,9H2,1-2H3,(H,18,19,20). The summed E-state index contributed by atoms with van der Waals surface area (Å²) in [5.41, 5.74) is 0. The molecule has 0 unspecified atom stereocenters. The number of rotatable bonds is 7. The molecular weight excluding hydrogens is 346 g/mol. The van der Waals surface area contributed by atoms with Crippen LogP contribution in [0.4, 0.5) is 5.82 Å². The third kappa shape index (κ3) is 5.32. The first-order chi connectivity index (χ1) is 10.2. The maximum Gasteiger partial charge on any atom is 0.132 e. The first-order valence-corrected chi connectivity index (χ1v) is 8.87. The summed E-state index contributed by atoms with van der Waals surface area (Å²) in [5, 5.41) is 4.35. The van der Waals surface area contributed by atoms with Crippen molar-refractivity contribution in [3.63, 3.8) is 0 Å². The first-order valence-electron chi connectivity index (χ1n) is 7.26. The minimum atomic E-state index is 0.910. The molecule has 2 rings (SSSR count). The molecule has 0 fully saturated rings. The minimum absolute atomic E-state index is 0.910. The molecule has 2 aromatic rings. The molecule has 112 valence electrons. The third-order valence-electron chi connectivity index (χ3n) is 2.80. The lowest BCUT2D eigenvalue weighted by Crippen LogP contribution is -2.05. The lowest BCUT2D eigenvalue weighted by molar-refractivity contribution is 0.807. The maximum atomic E-state index is 4.65. The number of nitrogens with one attached hydrogen (secondary N) is 1. The summed E-state index contributed by atoms with van der Waals surface area (Å²) in [6, 6.07) is 10.3. The molecule has 3 nitrogen and oxygen atoms in total. The van der Waals surface area contributed by atoms with E-state index in [4.69, 9.17) is 0 Å². The van der Waals surface area contributed by atoms with Crippen LogP contribution in [0.15, 0.2) is 44.7 Å². The van der Waals surface area contributed by atoms with E-state index in [1.165, 1.54) is 4.90 Å². The van der Waals surface area contributed by atoms with Crippen LogP contribution in [-0.2, 0) is 6.42 Å². The zero-order valence-electron chi connectivity index (χ0n) is 12.4. The van der Waals surface area contributed by atoms with E-state index in [1.807, 2.05) is 18.2 Å². The molecular formula is C16H20BrN3S. The van der Waals surface area contributed by atoms with E-state index in [-0.39, 0.29) is 0 Å². The van der Waals surface area contributed by atoms with Gasteiger partial charge in [-0.3, -0.25) is 0 Å². The summed E-state index contributed by atoms with van der Waals surface area (Å²) >= 11 is 5.17. The summed E-state index contributed by atoms with van der Waals surface area (Å²) < 4.78 is 1.08. The van der Waals surface area contributed by atoms with Gasteiger partial charge in [0.1, 0.15) is 16.7 Å². The Labute approximate surface area is 139 Å². The summed E-state index contributed by atoms with van der Waals surface area (Å²) in [4.78, 5) is 10.4. The smallest absolute Gasteiger partial charge is 0.132 e. The van der Waals surface area contributed by atoms with Gasteiger partial charge in [-0.05, 0) is 31.0 Å². The first kappa shape index (κ1) is 16.3. The Morgan fingerprint density at radius 1 is 1.14 bits per heavy atom. The molecule has 1 aromatic heterocycles. The lowest BCUT2D eigenvalue weighted by atomic mass is 10.3. The van der Waals surface area contributed by atoms with Crippen molar-refractivity contribution in [3.05, 3.63) is 40.6 Å². The molecule has 0 amide bonds. The minimum Gasteiger partial charge on any atom is -0.370 e. The zero-order chi connectivity index (χ0) is 15.1. The molecule has 1 N–H and O–H groups in total.